The van der Waals surface area contributed by atoms with Crippen molar-refractivity contribution in [2.75, 3.05) is 19.7 Å². The molecule has 5 rings (SSSR count). The van der Waals surface area contributed by atoms with Gasteiger partial charge >= 0.3 is 0 Å². The molecule has 29 heavy (non-hydrogen) atoms. The summed E-state index contributed by atoms with van der Waals surface area (Å²) >= 11 is 0. The summed E-state index contributed by atoms with van der Waals surface area (Å²) in [4.78, 5) is 15.5. The van der Waals surface area contributed by atoms with Crippen LogP contribution in [-0.4, -0.2) is 42.1 Å². The third-order valence-corrected chi connectivity index (χ3v) is 6.81. The molecule has 3 heterocycles. The number of benzene rings is 2. The van der Waals surface area contributed by atoms with Gasteiger partial charge in [0.25, 0.3) is 5.91 Å². The van der Waals surface area contributed by atoms with Crippen LogP contribution in [0.25, 0.3) is 0 Å². The first kappa shape index (κ1) is 18.8. The number of carbonyl (C=O) groups excluding carboxylic acids is 1. The second-order valence-electron chi connectivity index (χ2n) is 8.58. The zero-order valence-electron chi connectivity index (χ0n) is 16.6. The number of nitrogens with one attached hydrogen (secondary N) is 1. The van der Waals surface area contributed by atoms with Gasteiger partial charge in [-0.1, -0.05) is 36.4 Å². The van der Waals surface area contributed by atoms with Gasteiger partial charge in [0.1, 0.15) is 11.9 Å². The Kier molecular flexibility index (Phi) is 4.88. The monoisotopic (exact) mass is 394 g/mol. The number of hydrogen-bond donors (Lipinski definition) is 1. The molecule has 5 heteroatoms. The normalized spacial score (nSPS) is 29.1. The zero-order chi connectivity index (χ0) is 19.8. The molecule has 2 aromatic rings. The Balaban J connectivity index is 1.42. The van der Waals surface area contributed by atoms with Crippen LogP contribution in [0.3, 0.4) is 0 Å². The van der Waals surface area contributed by atoms with Crippen LogP contribution in [0, 0.1) is 5.82 Å². The Morgan fingerprint density at radius 3 is 2.69 bits per heavy atom. The van der Waals surface area contributed by atoms with Crippen molar-refractivity contribution in [2.45, 2.75) is 49.8 Å². The van der Waals surface area contributed by atoms with Crippen molar-refractivity contribution in [3.63, 3.8) is 0 Å². The molecule has 0 aliphatic carbocycles. The number of rotatable bonds is 2. The van der Waals surface area contributed by atoms with Crippen LogP contribution < -0.4 is 5.32 Å². The standard InChI is InChI=1S/C24H27FN2O2/c25-19-8-6-18(7-9-19)22-20-5-2-1-4-17(20)11-15-27(22)23(28)21-10-13-24(16-29-21)12-3-14-26-24/h1-2,4-9,21-22,26H,3,10-16H2/t21-,22+,24+/m1/s1. The van der Waals surface area contributed by atoms with Gasteiger partial charge in [0.05, 0.1) is 12.6 Å². The molecular weight excluding hydrogens is 367 g/mol. The molecule has 0 saturated carbocycles. The van der Waals surface area contributed by atoms with Crippen LogP contribution in [0.1, 0.15) is 48.4 Å². The predicted octanol–water partition coefficient (Wildman–Crippen LogP) is 3.60. The lowest BCUT2D eigenvalue weighted by Gasteiger charge is -2.42. The van der Waals surface area contributed by atoms with E-state index in [2.05, 4.69) is 17.4 Å². The Bertz CT molecular complexity index is 882. The van der Waals surface area contributed by atoms with Crippen LogP contribution >= 0.6 is 0 Å². The van der Waals surface area contributed by atoms with E-state index >= 15 is 0 Å². The molecule has 1 spiro atoms. The van der Waals surface area contributed by atoms with E-state index < -0.39 is 6.10 Å². The average molecular weight is 394 g/mol. The van der Waals surface area contributed by atoms with E-state index in [9.17, 15) is 9.18 Å². The number of ether oxygens (including phenoxy) is 1. The minimum atomic E-state index is -0.392. The van der Waals surface area contributed by atoms with Gasteiger partial charge in [-0.2, -0.15) is 0 Å². The Labute approximate surface area is 171 Å². The molecule has 0 unspecified atom stereocenters. The highest BCUT2D eigenvalue weighted by molar-refractivity contribution is 5.82. The molecule has 3 aliphatic heterocycles. The molecule has 2 aromatic carbocycles. The highest BCUT2D eigenvalue weighted by Gasteiger charge is 2.42. The van der Waals surface area contributed by atoms with Gasteiger partial charge in [-0.05, 0) is 67.5 Å². The summed E-state index contributed by atoms with van der Waals surface area (Å²) in [7, 11) is 0. The van der Waals surface area contributed by atoms with Gasteiger partial charge in [-0.25, -0.2) is 4.39 Å². The highest BCUT2D eigenvalue weighted by atomic mass is 19.1. The van der Waals surface area contributed by atoms with E-state index in [-0.39, 0.29) is 23.3 Å². The quantitative estimate of drug-likeness (QED) is 0.846. The number of fused-ring (bicyclic) bond motifs is 1. The van der Waals surface area contributed by atoms with Gasteiger partial charge in [-0.15, -0.1) is 0 Å². The summed E-state index contributed by atoms with van der Waals surface area (Å²) < 4.78 is 19.6. The van der Waals surface area contributed by atoms with Crippen LogP contribution in [-0.2, 0) is 16.0 Å². The summed E-state index contributed by atoms with van der Waals surface area (Å²) in [6, 6.07) is 14.6. The van der Waals surface area contributed by atoms with Crippen molar-refractivity contribution < 1.29 is 13.9 Å². The second kappa shape index (κ2) is 7.54. The topological polar surface area (TPSA) is 41.6 Å². The van der Waals surface area contributed by atoms with Crippen molar-refractivity contribution in [3.05, 3.63) is 71.0 Å². The maximum Gasteiger partial charge on any atom is 0.252 e. The third-order valence-electron chi connectivity index (χ3n) is 6.81. The fraction of sp³-hybridized carbons (Fsp3) is 0.458. The molecule has 2 saturated heterocycles. The third kappa shape index (κ3) is 3.47. The molecule has 0 bridgehead atoms. The number of nitrogens with zero attached hydrogens (tertiary/aromatic N) is 1. The van der Waals surface area contributed by atoms with Gasteiger partial charge in [0.2, 0.25) is 0 Å². The average Bonchev–Trinajstić information content (AvgIpc) is 3.21. The van der Waals surface area contributed by atoms with E-state index in [4.69, 9.17) is 4.74 Å². The van der Waals surface area contributed by atoms with Gasteiger partial charge in [-0.3, -0.25) is 4.79 Å². The number of hydrogen-bond acceptors (Lipinski definition) is 3. The molecule has 0 aromatic heterocycles. The first-order valence-electron chi connectivity index (χ1n) is 10.7. The van der Waals surface area contributed by atoms with Crippen LogP contribution in [0.5, 0.6) is 0 Å². The number of amides is 1. The first-order valence-corrected chi connectivity index (χ1v) is 10.7. The Morgan fingerprint density at radius 2 is 1.97 bits per heavy atom. The first-order chi connectivity index (χ1) is 14.2. The maximum atomic E-state index is 13.5. The van der Waals surface area contributed by atoms with Gasteiger partial charge in [0.15, 0.2) is 0 Å². The van der Waals surface area contributed by atoms with E-state index in [1.54, 1.807) is 12.1 Å². The summed E-state index contributed by atoms with van der Waals surface area (Å²) in [5.41, 5.74) is 3.39. The van der Waals surface area contributed by atoms with E-state index in [1.807, 2.05) is 17.0 Å². The van der Waals surface area contributed by atoms with Crippen molar-refractivity contribution in [1.29, 1.82) is 0 Å². The molecule has 152 valence electrons. The fourth-order valence-corrected chi connectivity index (χ4v) is 5.22. The molecule has 4 nitrogen and oxygen atoms in total. The smallest absolute Gasteiger partial charge is 0.252 e. The molecule has 3 aliphatic rings. The van der Waals surface area contributed by atoms with Crippen LogP contribution in [0.15, 0.2) is 48.5 Å². The molecule has 1 N–H and O–H groups in total. The molecule has 2 fully saturated rings. The predicted molar refractivity (Wildman–Crippen MR) is 109 cm³/mol. The maximum absolute atomic E-state index is 13.5. The minimum Gasteiger partial charge on any atom is -0.366 e. The van der Waals surface area contributed by atoms with Crippen LogP contribution in [0.4, 0.5) is 4.39 Å². The highest BCUT2D eigenvalue weighted by Crippen LogP contribution is 2.37. The van der Waals surface area contributed by atoms with Crippen molar-refractivity contribution in [1.82, 2.24) is 10.2 Å². The summed E-state index contributed by atoms with van der Waals surface area (Å²) in [6.07, 6.45) is 4.48. The van der Waals surface area contributed by atoms with E-state index in [0.29, 0.717) is 13.2 Å². The van der Waals surface area contributed by atoms with E-state index in [0.717, 1.165) is 43.4 Å². The molecule has 0 radical (unpaired) electrons. The molecular formula is C24H27FN2O2. The van der Waals surface area contributed by atoms with Gasteiger partial charge < -0.3 is 15.0 Å². The number of halogens is 1. The molecule has 3 atom stereocenters. The summed E-state index contributed by atoms with van der Waals surface area (Å²) in [5, 5.41) is 3.58. The number of carbonyl (C=O) groups is 1. The lowest BCUT2D eigenvalue weighted by atomic mass is 9.86. The van der Waals surface area contributed by atoms with Gasteiger partial charge in [0, 0.05) is 12.1 Å². The second-order valence-corrected chi connectivity index (χ2v) is 8.58. The zero-order valence-corrected chi connectivity index (χ0v) is 16.6. The minimum absolute atomic E-state index is 0.0571. The lowest BCUT2D eigenvalue weighted by molar-refractivity contribution is -0.152. The summed E-state index contributed by atoms with van der Waals surface area (Å²) in [6.45, 7) is 2.30. The van der Waals surface area contributed by atoms with E-state index in [1.165, 1.54) is 24.1 Å². The fourth-order valence-electron chi connectivity index (χ4n) is 5.22. The van der Waals surface area contributed by atoms with Crippen molar-refractivity contribution in [2.24, 2.45) is 0 Å². The van der Waals surface area contributed by atoms with Crippen molar-refractivity contribution in [3.8, 4) is 0 Å². The SMILES string of the molecule is O=C([C@H]1CC[C@@]2(CCCN2)CO1)N1CCc2ccccc2[C@@H]1c1ccc(F)cc1. The Morgan fingerprint density at radius 1 is 1.14 bits per heavy atom. The largest absolute Gasteiger partial charge is 0.366 e. The van der Waals surface area contributed by atoms with Crippen LogP contribution in [0.2, 0.25) is 0 Å². The van der Waals surface area contributed by atoms with Crippen molar-refractivity contribution >= 4 is 5.91 Å². The Hall–Kier alpha value is -2.24. The summed E-state index contributed by atoms with van der Waals surface area (Å²) in [5.74, 6) is -0.206. The molecule has 1 amide bonds. The lowest BCUT2D eigenvalue weighted by Crippen LogP contribution is -2.54.